The molecule has 0 bridgehead atoms. The molecule has 1 aromatic rings. The Morgan fingerprint density at radius 2 is 1.97 bits per heavy atom. The number of ether oxygens (including phenoxy) is 1. The van der Waals surface area contributed by atoms with Crippen LogP contribution in [0.15, 0.2) is 24.3 Å². The van der Waals surface area contributed by atoms with Crippen LogP contribution in [0.4, 0.5) is 5.69 Å². The Kier molecular flexibility index (Phi) is 7.34. The second kappa shape index (κ2) is 9.52. The number of nitrogens with zero attached hydrogens (tertiary/aromatic N) is 2. The van der Waals surface area contributed by atoms with Crippen molar-refractivity contribution in [1.82, 2.24) is 4.90 Å². The van der Waals surface area contributed by atoms with Gasteiger partial charge in [0.25, 0.3) is 5.91 Å². The average molecular weight is 421 g/mol. The smallest absolute Gasteiger partial charge is 0.338 e. The van der Waals surface area contributed by atoms with Crippen LogP contribution in [0.5, 0.6) is 0 Å². The van der Waals surface area contributed by atoms with Gasteiger partial charge in [0.05, 0.1) is 23.1 Å². The highest BCUT2D eigenvalue weighted by molar-refractivity contribution is 7.91. The van der Waals surface area contributed by atoms with Crippen molar-refractivity contribution in [3.8, 4) is 6.07 Å². The average Bonchev–Trinajstić information content (AvgIpc) is 3.02. The van der Waals surface area contributed by atoms with Crippen LogP contribution in [0.25, 0.3) is 0 Å². The number of hydrogen-bond acceptors (Lipinski definition) is 7. The summed E-state index contributed by atoms with van der Waals surface area (Å²) in [6.45, 7) is 3.51. The maximum absolute atomic E-state index is 12.7. The second-order valence-electron chi connectivity index (χ2n) is 6.69. The van der Waals surface area contributed by atoms with Crippen molar-refractivity contribution < 1.29 is 27.5 Å². The number of carbonyl (C=O) groups excluding carboxylic acids is 3. The standard InChI is InChI=1S/C19H23N3O6S/c1-3-22(16-9-11-29(26,27)12-16)18(24)13(2)28-19(25)14-4-6-15(7-5-14)21-17(23)8-10-20/h4-7,13,16H,3,8-9,11-12H2,1-2H3,(H,21,23)/t13-,16-/m1/s1. The number of esters is 1. The van der Waals surface area contributed by atoms with E-state index in [9.17, 15) is 22.8 Å². The van der Waals surface area contributed by atoms with Crippen LogP contribution in [0.3, 0.4) is 0 Å². The van der Waals surface area contributed by atoms with E-state index in [1.165, 1.54) is 36.1 Å². The Labute approximate surface area is 169 Å². The third-order valence-corrected chi connectivity index (χ3v) is 6.30. The quantitative estimate of drug-likeness (QED) is 0.652. The number of nitriles is 1. The minimum Gasteiger partial charge on any atom is -0.449 e. The lowest BCUT2D eigenvalue weighted by Gasteiger charge is -2.29. The van der Waals surface area contributed by atoms with Crippen molar-refractivity contribution in [1.29, 1.82) is 5.26 Å². The van der Waals surface area contributed by atoms with Gasteiger partial charge in [0.15, 0.2) is 15.9 Å². The summed E-state index contributed by atoms with van der Waals surface area (Å²) in [7, 11) is -3.14. The van der Waals surface area contributed by atoms with Crippen molar-refractivity contribution in [3.63, 3.8) is 0 Å². The SMILES string of the molecule is CCN(C(=O)[C@@H](C)OC(=O)c1ccc(NC(=O)CC#N)cc1)[C@@H]1CCS(=O)(=O)C1. The molecule has 9 nitrogen and oxygen atoms in total. The molecule has 1 aliphatic heterocycles. The number of nitrogens with one attached hydrogen (secondary N) is 1. The van der Waals surface area contributed by atoms with Crippen LogP contribution in [0.2, 0.25) is 0 Å². The van der Waals surface area contributed by atoms with Crippen molar-refractivity contribution in [2.75, 3.05) is 23.4 Å². The molecule has 2 rings (SSSR count). The lowest BCUT2D eigenvalue weighted by molar-refractivity contribution is -0.141. The fourth-order valence-corrected chi connectivity index (χ4v) is 4.83. The highest BCUT2D eigenvalue weighted by Crippen LogP contribution is 2.19. The minimum absolute atomic E-state index is 0.0485. The fraction of sp³-hybridized carbons (Fsp3) is 0.474. The van der Waals surface area contributed by atoms with Crippen LogP contribution in [-0.2, 0) is 24.2 Å². The molecule has 1 fully saturated rings. The molecule has 0 saturated carbocycles. The monoisotopic (exact) mass is 421 g/mol. The van der Waals surface area contributed by atoms with Crippen molar-refractivity contribution in [2.24, 2.45) is 0 Å². The molecule has 1 N–H and O–H groups in total. The summed E-state index contributed by atoms with van der Waals surface area (Å²) in [5.74, 6) is -1.64. The van der Waals surface area contributed by atoms with E-state index in [1.54, 1.807) is 13.0 Å². The number of benzene rings is 1. The molecule has 1 aliphatic rings. The predicted molar refractivity (Wildman–Crippen MR) is 105 cm³/mol. The summed E-state index contributed by atoms with van der Waals surface area (Å²) < 4.78 is 28.6. The maximum Gasteiger partial charge on any atom is 0.338 e. The molecular formula is C19H23N3O6S. The molecule has 1 aromatic carbocycles. The summed E-state index contributed by atoms with van der Waals surface area (Å²) in [4.78, 5) is 37.8. The van der Waals surface area contributed by atoms with Crippen molar-refractivity contribution in [3.05, 3.63) is 29.8 Å². The van der Waals surface area contributed by atoms with E-state index < -0.39 is 39.8 Å². The van der Waals surface area contributed by atoms with Crippen molar-refractivity contribution in [2.45, 2.75) is 38.8 Å². The van der Waals surface area contributed by atoms with Gasteiger partial charge < -0.3 is 15.0 Å². The highest BCUT2D eigenvalue weighted by atomic mass is 32.2. The second-order valence-corrected chi connectivity index (χ2v) is 8.92. The molecule has 0 unspecified atom stereocenters. The van der Waals surface area contributed by atoms with Gasteiger partial charge in [0, 0.05) is 18.3 Å². The summed E-state index contributed by atoms with van der Waals surface area (Å²) in [6, 6.07) is 7.16. The van der Waals surface area contributed by atoms with Gasteiger partial charge in [0.1, 0.15) is 6.42 Å². The van der Waals surface area contributed by atoms with Gasteiger partial charge in [-0.1, -0.05) is 0 Å². The van der Waals surface area contributed by atoms with Gasteiger partial charge in [0.2, 0.25) is 5.91 Å². The van der Waals surface area contributed by atoms with Crippen LogP contribution >= 0.6 is 0 Å². The molecule has 2 amide bonds. The molecule has 1 heterocycles. The number of anilines is 1. The third-order valence-electron chi connectivity index (χ3n) is 4.55. The number of hydrogen-bond donors (Lipinski definition) is 1. The number of carbonyl (C=O) groups is 3. The van der Waals surface area contributed by atoms with E-state index >= 15 is 0 Å². The first-order valence-electron chi connectivity index (χ1n) is 9.15. The lowest BCUT2D eigenvalue weighted by atomic mass is 10.2. The van der Waals surface area contributed by atoms with Crippen LogP contribution in [0.1, 0.15) is 37.0 Å². The van der Waals surface area contributed by atoms with Gasteiger partial charge >= 0.3 is 5.97 Å². The molecule has 0 spiro atoms. The summed E-state index contributed by atoms with van der Waals surface area (Å²) in [5, 5.41) is 11.0. The largest absolute Gasteiger partial charge is 0.449 e. The molecule has 0 aromatic heterocycles. The van der Waals surface area contributed by atoms with E-state index in [4.69, 9.17) is 10.00 Å². The van der Waals surface area contributed by atoms with Crippen molar-refractivity contribution >= 4 is 33.3 Å². The fourth-order valence-electron chi connectivity index (χ4n) is 3.09. The lowest BCUT2D eigenvalue weighted by Crippen LogP contribution is -2.46. The topological polar surface area (TPSA) is 134 Å². The van der Waals surface area contributed by atoms with Crippen LogP contribution in [-0.4, -0.2) is 61.3 Å². The molecule has 29 heavy (non-hydrogen) atoms. The van der Waals surface area contributed by atoms with Gasteiger partial charge in [-0.3, -0.25) is 9.59 Å². The van der Waals surface area contributed by atoms with E-state index in [1.807, 2.05) is 0 Å². The Hall–Kier alpha value is -2.93. The Morgan fingerprint density at radius 1 is 1.31 bits per heavy atom. The normalized spacial score (nSPS) is 18.3. The highest BCUT2D eigenvalue weighted by Gasteiger charge is 2.36. The third kappa shape index (κ3) is 6.02. The van der Waals surface area contributed by atoms with Crippen LogP contribution in [0, 0.1) is 11.3 Å². The zero-order valence-corrected chi connectivity index (χ0v) is 17.1. The number of sulfone groups is 1. The molecule has 156 valence electrons. The first-order chi connectivity index (χ1) is 13.7. The molecule has 2 atom stereocenters. The van der Waals surface area contributed by atoms with Gasteiger partial charge in [-0.2, -0.15) is 5.26 Å². The zero-order chi connectivity index (χ0) is 21.6. The van der Waals surface area contributed by atoms with Gasteiger partial charge in [-0.25, -0.2) is 13.2 Å². The summed E-state index contributed by atoms with van der Waals surface area (Å²) in [5.41, 5.74) is 0.611. The summed E-state index contributed by atoms with van der Waals surface area (Å²) >= 11 is 0. The number of amides is 2. The van der Waals surface area contributed by atoms with Gasteiger partial charge in [-0.05, 0) is 44.5 Å². The van der Waals surface area contributed by atoms with Gasteiger partial charge in [-0.15, -0.1) is 0 Å². The van der Waals surface area contributed by atoms with E-state index in [2.05, 4.69) is 5.32 Å². The Morgan fingerprint density at radius 3 is 2.48 bits per heavy atom. The van der Waals surface area contributed by atoms with Crippen LogP contribution < -0.4 is 5.32 Å². The van der Waals surface area contributed by atoms with E-state index in [-0.39, 0.29) is 23.5 Å². The predicted octanol–water partition coefficient (Wildman–Crippen LogP) is 1.12. The maximum atomic E-state index is 12.7. The minimum atomic E-state index is -3.14. The molecule has 0 radical (unpaired) electrons. The Bertz CT molecular complexity index is 920. The molecule has 10 heteroatoms. The molecule has 1 saturated heterocycles. The number of rotatable bonds is 7. The number of likely N-dealkylation sites (N-methyl/N-ethyl adjacent to an activating group) is 1. The first kappa shape index (κ1) is 22.4. The Balaban J connectivity index is 1.97. The molecule has 0 aliphatic carbocycles. The van der Waals surface area contributed by atoms with E-state index in [0.717, 1.165) is 0 Å². The zero-order valence-electron chi connectivity index (χ0n) is 16.3. The first-order valence-corrected chi connectivity index (χ1v) is 11.0. The molecular weight excluding hydrogens is 398 g/mol. The van der Waals surface area contributed by atoms with E-state index in [0.29, 0.717) is 18.7 Å². The summed E-state index contributed by atoms with van der Waals surface area (Å²) in [6.07, 6.45) is -0.970.